The van der Waals surface area contributed by atoms with Crippen molar-refractivity contribution in [2.24, 2.45) is 0 Å². The quantitative estimate of drug-likeness (QED) is 0.915. The lowest BCUT2D eigenvalue weighted by Crippen LogP contribution is -2.27. The summed E-state index contributed by atoms with van der Waals surface area (Å²) >= 11 is 1.62. The number of nitrogens with zero attached hydrogens (tertiary/aromatic N) is 2. The van der Waals surface area contributed by atoms with Gasteiger partial charge in [-0.25, -0.2) is 13.2 Å². The molecule has 1 atom stereocenters. The fraction of sp³-hybridized carbons (Fsp3) is 0.286. The van der Waals surface area contributed by atoms with E-state index >= 15 is 0 Å². The molecule has 0 saturated carbocycles. The number of nitrogens with two attached hydrogens (primary N) is 1. The molecule has 1 aliphatic heterocycles. The lowest BCUT2D eigenvalue weighted by atomic mass is 10.3. The van der Waals surface area contributed by atoms with Crippen LogP contribution in [0, 0.1) is 0 Å². The van der Waals surface area contributed by atoms with Crippen LogP contribution in [0.4, 0.5) is 5.82 Å². The van der Waals surface area contributed by atoms with E-state index in [1.54, 1.807) is 30.0 Å². The van der Waals surface area contributed by atoms with Gasteiger partial charge in [0.1, 0.15) is 10.7 Å². The molecule has 116 valence electrons. The van der Waals surface area contributed by atoms with Crippen molar-refractivity contribution >= 4 is 27.4 Å². The number of sulfone groups is 1. The Kier molecular flexibility index (Phi) is 3.96. The highest BCUT2D eigenvalue weighted by Gasteiger charge is 2.26. The van der Waals surface area contributed by atoms with Crippen molar-refractivity contribution in [3.8, 4) is 0 Å². The molecule has 1 aliphatic rings. The number of nitrogen functional groups attached to an aromatic ring is 1. The number of anilines is 1. The van der Waals surface area contributed by atoms with Crippen LogP contribution in [0.25, 0.3) is 0 Å². The summed E-state index contributed by atoms with van der Waals surface area (Å²) in [5.74, 6) is 0.690. The molecule has 1 aromatic heterocycles. The molecule has 6 nitrogen and oxygen atoms in total. The van der Waals surface area contributed by atoms with Crippen molar-refractivity contribution in [2.75, 3.05) is 11.5 Å². The molecule has 3 rings (SSSR count). The first-order valence-electron chi connectivity index (χ1n) is 6.80. The zero-order chi connectivity index (χ0) is 15.7. The number of hydrogen-bond acceptors (Lipinski definition) is 6. The number of rotatable bonds is 3. The third kappa shape index (κ3) is 2.64. The normalized spacial score (nSPS) is 18.5. The van der Waals surface area contributed by atoms with Crippen molar-refractivity contribution in [3.05, 3.63) is 47.0 Å². The molecule has 22 heavy (non-hydrogen) atoms. The second-order valence-electron chi connectivity index (χ2n) is 4.96. The van der Waals surface area contributed by atoms with Crippen LogP contribution in [0.2, 0.25) is 0 Å². The SMILES string of the molecule is Nc1nc(=O)n([C@@H]2CCCS2)cc1S(=O)(=O)c1ccccc1. The van der Waals surface area contributed by atoms with Crippen LogP contribution >= 0.6 is 11.8 Å². The minimum Gasteiger partial charge on any atom is -0.382 e. The highest BCUT2D eigenvalue weighted by Crippen LogP contribution is 2.35. The highest BCUT2D eigenvalue weighted by atomic mass is 32.2. The lowest BCUT2D eigenvalue weighted by molar-refractivity contribution is 0.580. The first-order valence-corrected chi connectivity index (χ1v) is 9.34. The Bertz CT molecular complexity index is 841. The molecular formula is C14H15N3O3S2. The smallest absolute Gasteiger partial charge is 0.350 e. The minimum atomic E-state index is -3.79. The van der Waals surface area contributed by atoms with Gasteiger partial charge in [-0.3, -0.25) is 4.57 Å². The largest absolute Gasteiger partial charge is 0.382 e. The van der Waals surface area contributed by atoms with Crippen molar-refractivity contribution in [2.45, 2.75) is 28.0 Å². The third-order valence-corrected chi connectivity index (χ3v) is 6.66. The van der Waals surface area contributed by atoms with Gasteiger partial charge in [-0.05, 0) is 30.7 Å². The van der Waals surface area contributed by atoms with E-state index in [4.69, 9.17) is 5.73 Å². The zero-order valence-electron chi connectivity index (χ0n) is 11.7. The number of hydrogen-bond donors (Lipinski definition) is 1. The Labute approximate surface area is 132 Å². The van der Waals surface area contributed by atoms with Crippen molar-refractivity contribution in [1.82, 2.24) is 9.55 Å². The number of thioether (sulfide) groups is 1. The van der Waals surface area contributed by atoms with Gasteiger partial charge in [0.15, 0.2) is 0 Å². The molecule has 8 heteroatoms. The molecule has 0 bridgehead atoms. The molecule has 1 aromatic carbocycles. The van der Waals surface area contributed by atoms with Crippen molar-refractivity contribution in [3.63, 3.8) is 0 Å². The maximum Gasteiger partial charge on any atom is 0.350 e. The lowest BCUT2D eigenvalue weighted by Gasteiger charge is -2.15. The summed E-state index contributed by atoms with van der Waals surface area (Å²) in [6, 6.07) is 8.00. The van der Waals surface area contributed by atoms with Crippen LogP contribution in [0.3, 0.4) is 0 Å². The first-order chi connectivity index (χ1) is 10.5. The Morgan fingerprint density at radius 1 is 1.27 bits per heavy atom. The monoisotopic (exact) mass is 337 g/mol. The van der Waals surface area contributed by atoms with E-state index in [2.05, 4.69) is 4.98 Å². The molecule has 2 heterocycles. The zero-order valence-corrected chi connectivity index (χ0v) is 13.3. The predicted molar refractivity (Wildman–Crippen MR) is 85.5 cm³/mol. The fourth-order valence-corrected chi connectivity index (χ4v) is 4.98. The van der Waals surface area contributed by atoms with Crippen molar-refractivity contribution in [1.29, 1.82) is 0 Å². The van der Waals surface area contributed by atoms with Gasteiger partial charge in [0.05, 0.1) is 10.3 Å². The van der Waals surface area contributed by atoms with Gasteiger partial charge in [0, 0.05) is 6.20 Å². The van der Waals surface area contributed by atoms with Crippen LogP contribution in [0.15, 0.2) is 51.1 Å². The maximum atomic E-state index is 12.7. The van der Waals surface area contributed by atoms with Crippen LogP contribution < -0.4 is 11.4 Å². The predicted octanol–water partition coefficient (Wildman–Crippen LogP) is 1.68. The van der Waals surface area contributed by atoms with E-state index in [0.717, 1.165) is 18.6 Å². The standard InChI is InChI=1S/C14H15N3O3S2/c15-13-11(22(19,20)10-5-2-1-3-6-10)9-17(14(18)16-13)12-7-4-8-21-12/h1-3,5-6,9,12H,4,7-8H2,(H2,15,16,18)/t12-/m0/s1. The summed E-state index contributed by atoms with van der Waals surface area (Å²) in [7, 11) is -3.79. The van der Waals surface area contributed by atoms with E-state index in [0.29, 0.717) is 0 Å². The summed E-state index contributed by atoms with van der Waals surface area (Å²) in [5.41, 5.74) is 5.19. The molecule has 0 radical (unpaired) electrons. The molecule has 2 N–H and O–H groups in total. The molecule has 0 spiro atoms. The summed E-state index contributed by atoms with van der Waals surface area (Å²) in [4.78, 5) is 15.7. The highest BCUT2D eigenvalue weighted by molar-refractivity contribution is 7.99. The first kappa shape index (κ1) is 15.1. The average molecular weight is 337 g/mol. The van der Waals surface area contributed by atoms with Gasteiger partial charge in [-0.15, -0.1) is 11.8 Å². The fourth-order valence-electron chi connectivity index (χ4n) is 2.38. The Hall–Kier alpha value is -1.80. The number of benzene rings is 1. The van der Waals surface area contributed by atoms with E-state index in [-0.39, 0.29) is 21.0 Å². The van der Waals surface area contributed by atoms with Gasteiger partial charge in [0.2, 0.25) is 9.84 Å². The molecule has 1 saturated heterocycles. The second-order valence-corrected chi connectivity index (χ2v) is 8.17. The molecule has 0 aliphatic carbocycles. The number of aromatic nitrogens is 2. The molecule has 0 unspecified atom stereocenters. The van der Waals surface area contributed by atoms with Crippen LogP contribution in [-0.4, -0.2) is 23.7 Å². The van der Waals surface area contributed by atoms with Gasteiger partial charge < -0.3 is 5.73 Å². The molecular weight excluding hydrogens is 322 g/mol. The Balaban J connectivity index is 2.15. The summed E-state index contributed by atoms with van der Waals surface area (Å²) in [6.45, 7) is 0. The van der Waals surface area contributed by atoms with Crippen LogP contribution in [0.5, 0.6) is 0 Å². The average Bonchev–Trinajstić information content (AvgIpc) is 3.02. The minimum absolute atomic E-state index is 0.0784. The summed E-state index contributed by atoms with van der Waals surface area (Å²) in [6.07, 6.45) is 3.14. The van der Waals surface area contributed by atoms with Crippen LogP contribution in [-0.2, 0) is 9.84 Å². The van der Waals surface area contributed by atoms with Gasteiger partial charge in [0.25, 0.3) is 0 Å². The van der Waals surface area contributed by atoms with Crippen LogP contribution in [0.1, 0.15) is 18.2 Å². The molecule has 2 aromatic rings. The molecule has 1 fully saturated rings. The summed E-state index contributed by atoms with van der Waals surface area (Å²) in [5, 5.41) is -0.0784. The van der Waals surface area contributed by atoms with E-state index in [1.807, 2.05) is 0 Å². The Morgan fingerprint density at radius 2 is 2.00 bits per heavy atom. The van der Waals surface area contributed by atoms with Gasteiger partial charge >= 0.3 is 5.69 Å². The Morgan fingerprint density at radius 3 is 2.64 bits per heavy atom. The van der Waals surface area contributed by atoms with E-state index in [1.165, 1.54) is 22.9 Å². The maximum absolute atomic E-state index is 12.7. The van der Waals surface area contributed by atoms with Crippen molar-refractivity contribution < 1.29 is 8.42 Å². The third-order valence-electron chi connectivity index (χ3n) is 3.50. The molecule has 0 amide bonds. The van der Waals surface area contributed by atoms with Gasteiger partial charge in [-0.2, -0.15) is 4.98 Å². The van der Waals surface area contributed by atoms with E-state index < -0.39 is 15.5 Å². The summed E-state index contributed by atoms with van der Waals surface area (Å²) < 4.78 is 26.8. The topological polar surface area (TPSA) is 95.0 Å². The van der Waals surface area contributed by atoms with Gasteiger partial charge in [-0.1, -0.05) is 18.2 Å². The van der Waals surface area contributed by atoms with E-state index in [9.17, 15) is 13.2 Å². The second kappa shape index (κ2) is 5.77.